The van der Waals surface area contributed by atoms with Crippen LogP contribution in [0.1, 0.15) is 26.7 Å². The third-order valence-electron chi connectivity index (χ3n) is 1.80. The van der Waals surface area contributed by atoms with Gasteiger partial charge in [-0.2, -0.15) is 5.26 Å². The fraction of sp³-hybridized carbons (Fsp3) is 0.800. The molecule has 14 heavy (non-hydrogen) atoms. The molecule has 0 aromatic heterocycles. The summed E-state index contributed by atoms with van der Waals surface area (Å²) in [4.78, 5) is 11.3. The maximum atomic E-state index is 11.3. The lowest BCUT2D eigenvalue weighted by Gasteiger charge is -2.08. The summed E-state index contributed by atoms with van der Waals surface area (Å²) >= 11 is 0. The summed E-state index contributed by atoms with van der Waals surface area (Å²) < 4.78 is 5.06. The lowest BCUT2D eigenvalue weighted by Crippen LogP contribution is -2.32. The van der Waals surface area contributed by atoms with Gasteiger partial charge in [-0.1, -0.05) is 13.3 Å². The molecule has 0 aliphatic carbocycles. The molecule has 1 amide bonds. The van der Waals surface area contributed by atoms with E-state index in [4.69, 9.17) is 10.00 Å². The van der Waals surface area contributed by atoms with Gasteiger partial charge in [-0.15, -0.1) is 0 Å². The van der Waals surface area contributed by atoms with Crippen LogP contribution in [0.5, 0.6) is 0 Å². The van der Waals surface area contributed by atoms with Crippen LogP contribution in [0.4, 0.5) is 0 Å². The smallest absolute Gasteiger partial charge is 0.237 e. The van der Waals surface area contributed by atoms with Gasteiger partial charge in [-0.3, -0.25) is 4.79 Å². The maximum Gasteiger partial charge on any atom is 0.237 e. The third-order valence-corrected chi connectivity index (χ3v) is 1.80. The second kappa shape index (κ2) is 8.52. The van der Waals surface area contributed by atoms with Gasteiger partial charge in [0.2, 0.25) is 5.91 Å². The predicted molar refractivity (Wildman–Crippen MR) is 53.5 cm³/mol. The van der Waals surface area contributed by atoms with Crippen LogP contribution in [0, 0.1) is 17.2 Å². The van der Waals surface area contributed by atoms with Gasteiger partial charge in [-0.05, 0) is 13.3 Å². The van der Waals surface area contributed by atoms with Crippen molar-refractivity contribution in [3.05, 3.63) is 0 Å². The third kappa shape index (κ3) is 5.55. The second-order valence-electron chi connectivity index (χ2n) is 2.96. The van der Waals surface area contributed by atoms with Crippen LogP contribution in [0.3, 0.4) is 0 Å². The minimum atomic E-state index is -0.512. The number of nitrogens with one attached hydrogen (secondary N) is 1. The molecule has 0 aliphatic rings. The quantitative estimate of drug-likeness (QED) is 0.623. The first-order valence-corrected chi connectivity index (χ1v) is 5.01. The van der Waals surface area contributed by atoms with Crippen molar-refractivity contribution in [1.29, 1.82) is 5.26 Å². The number of ether oxygens (including phenoxy) is 1. The fourth-order valence-electron chi connectivity index (χ4n) is 1.06. The first kappa shape index (κ1) is 12.9. The molecule has 0 spiro atoms. The van der Waals surface area contributed by atoms with Gasteiger partial charge in [0.1, 0.15) is 5.92 Å². The van der Waals surface area contributed by atoms with Crippen LogP contribution in [-0.2, 0) is 9.53 Å². The van der Waals surface area contributed by atoms with Crippen LogP contribution in [0.15, 0.2) is 0 Å². The molecule has 0 aromatic rings. The Bertz CT molecular complexity index is 199. The molecule has 0 aliphatic heterocycles. The Hall–Kier alpha value is -1.08. The van der Waals surface area contributed by atoms with Gasteiger partial charge in [0.15, 0.2) is 0 Å². The van der Waals surface area contributed by atoms with Crippen LogP contribution in [0.2, 0.25) is 0 Å². The molecule has 0 rings (SSSR count). The molecule has 0 bridgehead atoms. The van der Waals surface area contributed by atoms with Crippen molar-refractivity contribution < 1.29 is 9.53 Å². The highest BCUT2D eigenvalue weighted by Crippen LogP contribution is 2.04. The molecule has 0 heterocycles. The van der Waals surface area contributed by atoms with Crippen molar-refractivity contribution in [2.75, 3.05) is 19.8 Å². The van der Waals surface area contributed by atoms with Crippen LogP contribution < -0.4 is 5.32 Å². The number of carbonyl (C=O) groups excluding carboxylic acids is 1. The molecular formula is C10H18N2O2. The van der Waals surface area contributed by atoms with Crippen molar-refractivity contribution >= 4 is 5.91 Å². The molecule has 1 atom stereocenters. The summed E-state index contributed by atoms with van der Waals surface area (Å²) in [7, 11) is 0. The fourth-order valence-corrected chi connectivity index (χ4v) is 1.06. The molecule has 80 valence electrons. The first-order valence-electron chi connectivity index (χ1n) is 5.01. The standard InChI is InChI=1S/C10H18N2O2/c1-3-5-9(8-11)10(13)12-6-7-14-4-2/h9H,3-7H2,1-2H3,(H,12,13). The lowest BCUT2D eigenvalue weighted by atomic mass is 10.1. The Morgan fingerprint density at radius 3 is 2.79 bits per heavy atom. The van der Waals surface area contributed by atoms with Gasteiger partial charge in [0, 0.05) is 13.2 Å². The Morgan fingerprint density at radius 1 is 1.57 bits per heavy atom. The zero-order valence-corrected chi connectivity index (χ0v) is 8.88. The van der Waals surface area contributed by atoms with Crippen LogP contribution in [0.25, 0.3) is 0 Å². The van der Waals surface area contributed by atoms with Crippen LogP contribution >= 0.6 is 0 Å². The monoisotopic (exact) mass is 198 g/mol. The molecular weight excluding hydrogens is 180 g/mol. The minimum absolute atomic E-state index is 0.186. The first-order chi connectivity index (χ1) is 6.76. The van der Waals surface area contributed by atoms with E-state index in [0.717, 1.165) is 6.42 Å². The van der Waals surface area contributed by atoms with E-state index in [2.05, 4.69) is 5.32 Å². The van der Waals surface area contributed by atoms with Gasteiger partial charge in [-0.25, -0.2) is 0 Å². The minimum Gasteiger partial charge on any atom is -0.380 e. The van der Waals surface area contributed by atoms with Crippen molar-refractivity contribution in [3.63, 3.8) is 0 Å². The van der Waals surface area contributed by atoms with Gasteiger partial charge in [0.25, 0.3) is 0 Å². The Kier molecular flexibility index (Phi) is 7.86. The largest absolute Gasteiger partial charge is 0.380 e. The van der Waals surface area contributed by atoms with Crippen molar-refractivity contribution in [3.8, 4) is 6.07 Å². The van der Waals surface area contributed by atoms with Gasteiger partial charge >= 0.3 is 0 Å². The van der Waals surface area contributed by atoms with E-state index in [1.165, 1.54) is 0 Å². The summed E-state index contributed by atoms with van der Waals surface area (Å²) in [6.45, 7) is 5.49. The molecule has 0 saturated carbocycles. The molecule has 0 aromatic carbocycles. The molecule has 4 heteroatoms. The van der Waals surface area contributed by atoms with Gasteiger partial charge < -0.3 is 10.1 Å². The maximum absolute atomic E-state index is 11.3. The Balaban J connectivity index is 3.65. The SMILES string of the molecule is CCCC(C#N)C(=O)NCCOCC. The highest BCUT2D eigenvalue weighted by molar-refractivity contribution is 5.80. The molecule has 4 nitrogen and oxygen atoms in total. The summed E-state index contributed by atoms with van der Waals surface area (Å²) in [6, 6.07) is 1.99. The predicted octanol–water partition coefficient (Wildman–Crippen LogP) is 1.08. The van der Waals surface area contributed by atoms with E-state index < -0.39 is 5.92 Å². The Morgan fingerprint density at radius 2 is 2.29 bits per heavy atom. The van der Waals surface area contributed by atoms with Crippen molar-refractivity contribution in [2.24, 2.45) is 5.92 Å². The number of hydrogen-bond acceptors (Lipinski definition) is 3. The molecule has 0 radical (unpaired) electrons. The number of amides is 1. The van der Waals surface area contributed by atoms with E-state index >= 15 is 0 Å². The Labute approximate surface area is 85.2 Å². The average Bonchev–Trinajstić information content (AvgIpc) is 2.20. The zero-order chi connectivity index (χ0) is 10.8. The number of hydrogen-bond donors (Lipinski definition) is 1. The summed E-state index contributed by atoms with van der Waals surface area (Å²) in [5.74, 6) is -0.698. The zero-order valence-electron chi connectivity index (χ0n) is 8.88. The lowest BCUT2D eigenvalue weighted by molar-refractivity contribution is -0.123. The number of nitrogens with zero attached hydrogens (tertiary/aromatic N) is 1. The normalized spacial score (nSPS) is 11.8. The van der Waals surface area contributed by atoms with E-state index in [1.54, 1.807) is 0 Å². The van der Waals surface area contributed by atoms with Crippen molar-refractivity contribution in [1.82, 2.24) is 5.32 Å². The topological polar surface area (TPSA) is 62.1 Å². The second-order valence-corrected chi connectivity index (χ2v) is 2.96. The van der Waals surface area contributed by atoms with E-state index in [-0.39, 0.29) is 5.91 Å². The highest BCUT2D eigenvalue weighted by atomic mass is 16.5. The van der Waals surface area contributed by atoms with Crippen molar-refractivity contribution in [2.45, 2.75) is 26.7 Å². The van der Waals surface area contributed by atoms with E-state index in [1.807, 2.05) is 19.9 Å². The van der Waals surface area contributed by atoms with E-state index in [9.17, 15) is 4.79 Å². The van der Waals surface area contributed by atoms with Gasteiger partial charge in [0.05, 0.1) is 12.7 Å². The summed E-state index contributed by atoms with van der Waals surface area (Å²) in [5, 5.41) is 11.4. The van der Waals surface area contributed by atoms with E-state index in [0.29, 0.717) is 26.2 Å². The molecule has 0 fully saturated rings. The molecule has 1 N–H and O–H groups in total. The number of rotatable bonds is 7. The molecule has 0 saturated heterocycles. The van der Waals surface area contributed by atoms with Crippen LogP contribution in [-0.4, -0.2) is 25.7 Å². The highest BCUT2D eigenvalue weighted by Gasteiger charge is 2.15. The summed E-state index contributed by atoms with van der Waals surface area (Å²) in [5.41, 5.74) is 0. The number of carbonyl (C=O) groups is 1. The number of nitriles is 1. The summed E-state index contributed by atoms with van der Waals surface area (Å²) in [6.07, 6.45) is 1.47. The average molecular weight is 198 g/mol. The molecule has 1 unspecified atom stereocenters.